The molecule has 2 aliphatic rings. The summed E-state index contributed by atoms with van der Waals surface area (Å²) in [6.45, 7) is 4.16. The molecule has 3 heterocycles. The quantitative estimate of drug-likeness (QED) is 0.860. The molecule has 5 nitrogen and oxygen atoms in total. The van der Waals surface area contributed by atoms with Crippen molar-refractivity contribution in [1.29, 1.82) is 0 Å². The average Bonchev–Trinajstić information content (AvgIpc) is 3.18. The van der Waals surface area contributed by atoms with Gasteiger partial charge in [0.2, 0.25) is 5.88 Å². The Labute approximate surface area is 148 Å². The molecule has 1 aliphatic heterocycles. The van der Waals surface area contributed by atoms with E-state index in [4.69, 9.17) is 4.74 Å². The molecular formula is C20H23N3O2. The topological polar surface area (TPSA) is 55.3 Å². The predicted molar refractivity (Wildman–Crippen MR) is 94.4 cm³/mol. The second-order valence-electron chi connectivity index (χ2n) is 7.31. The highest BCUT2D eigenvalue weighted by Crippen LogP contribution is 2.49. The first-order chi connectivity index (χ1) is 12.2. The van der Waals surface area contributed by atoms with E-state index < -0.39 is 0 Å². The van der Waals surface area contributed by atoms with Gasteiger partial charge >= 0.3 is 0 Å². The van der Waals surface area contributed by atoms with E-state index in [1.807, 2.05) is 42.2 Å². The number of rotatable bonds is 4. The van der Waals surface area contributed by atoms with Crippen molar-refractivity contribution in [1.82, 2.24) is 14.9 Å². The number of ether oxygens (including phenoxy) is 1. The van der Waals surface area contributed by atoms with Crippen molar-refractivity contribution in [2.24, 2.45) is 11.3 Å². The lowest BCUT2D eigenvalue weighted by atomic mass is 9.81. The van der Waals surface area contributed by atoms with Gasteiger partial charge in [-0.15, -0.1) is 0 Å². The highest BCUT2D eigenvalue weighted by atomic mass is 16.5. The van der Waals surface area contributed by atoms with Crippen molar-refractivity contribution in [2.75, 3.05) is 19.7 Å². The summed E-state index contributed by atoms with van der Waals surface area (Å²) in [7, 11) is 0. The van der Waals surface area contributed by atoms with Crippen molar-refractivity contribution in [2.45, 2.75) is 26.2 Å². The molecule has 1 saturated carbocycles. The van der Waals surface area contributed by atoms with Crippen LogP contribution in [0.25, 0.3) is 0 Å². The summed E-state index contributed by atoms with van der Waals surface area (Å²) in [5.74, 6) is 1.20. The Hall–Kier alpha value is -2.43. The van der Waals surface area contributed by atoms with Gasteiger partial charge in [0.05, 0.1) is 6.61 Å². The Morgan fingerprint density at radius 1 is 1.32 bits per heavy atom. The first kappa shape index (κ1) is 16.1. The molecule has 2 aromatic heterocycles. The van der Waals surface area contributed by atoms with E-state index in [9.17, 15) is 4.79 Å². The van der Waals surface area contributed by atoms with Crippen molar-refractivity contribution in [3.63, 3.8) is 0 Å². The number of hydrogen-bond acceptors (Lipinski definition) is 4. The van der Waals surface area contributed by atoms with Gasteiger partial charge in [-0.2, -0.15) is 0 Å². The Balaban J connectivity index is 1.47. The van der Waals surface area contributed by atoms with Crippen LogP contribution in [-0.4, -0.2) is 40.5 Å². The number of carbonyl (C=O) groups is 1. The van der Waals surface area contributed by atoms with E-state index in [2.05, 4.69) is 9.97 Å². The maximum atomic E-state index is 12.8. The fraction of sp³-hybridized carbons (Fsp3) is 0.450. The molecule has 5 heteroatoms. The molecule has 0 spiro atoms. The molecule has 2 fully saturated rings. The molecule has 2 atom stereocenters. The number of fused-ring (bicyclic) bond motifs is 1. The molecule has 25 heavy (non-hydrogen) atoms. The van der Waals surface area contributed by atoms with Gasteiger partial charge in [0.15, 0.2) is 0 Å². The summed E-state index contributed by atoms with van der Waals surface area (Å²) in [6.07, 6.45) is 6.98. The highest BCUT2D eigenvalue weighted by Gasteiger charge is 2.51. The molecule has 0 N–H and O–H groups in total. The van der Waals surface area contributed by atoms with Crippen molar-refractivity contribution in [3.8, 4) is 5.88 Å². The summed E-state index contributed by atoms with van der Waals surface area (Å²) in [5.41, 5.74) is 1.65. The highest BCUT2D eigenvalue weighted by molar-refractivity contribution is 5.92. The maximum Gasteiger partial charge on any atom is 0.272 e. The van der Waals surface area contributed by atoms with Gasteiger partial charge in [-0.05, 0) is 43.4 Å². The third-order valence-corrected chi connectivity index (χ3v) is 5.60. The molecule has 130 valence electrons. The zero-order valence-electron chi connectivity index (χ0n) is 14.5. The zero-order chi connectivity index (χ0) is 17.3. The summed E-state index contributed by atoms with van der Waals surface area (Å²) in [5, 5.41) is 0. The van der Waals surface area contributed by atoms with E-state index in [1.165, 1.54) is 6.42 Å². The lowest BCUT2D eigenvalue weighted by Crippen LogP contribution is -2.36. The second-order valence-corrected chi connectivity index (χ2v) is 7.31. The monoisotopic (exact) mass is 337 g/mol. The molecule has 0 bridgehead atoms. The molecule has 1 aliphatic carbocycles. The van der Waals surface area contributed by atoms with Gasteiger partial charge in [0.25, 0.3) is 5.91 Å². The van der Waals surface area contributed by atoms with Crippen molar-refractivity contribution in [3.05, 3.63) is 54.0 Å². The van der Waals surface area contributed by atoms with E-state index in [0.29, 0.717) is 24.1 Å². The van der Waals surface area contributed by atoms with Gasteiger partial charge in [0, 0.05) is 37.0 Å². The molecule has 4 rings (SSSR count). The number of nitrogens with zero attached hydrogens (tertiary/aromatic N) is 3. The first-order valence-electron chi connectivity index (χ1n) is 8.92. The van der Waals surface area contributed by atoms with Gasteiger partial charge in [-0.1, -0.05) is 18.6 Å². The van der Waals surface area contributed by atoms with E-state index in [0.717, 1.165) is 31.5 Å². The van der Waals surface area contributed by atoms with Crippen LogP contribution in [0, 0.1) is 18.3 Å². The Morgan fingerprint density at radius 2 is 2.24 bits per heavy atom. The van der Waals surface area contributed by atoms with Crippen LogP contribution in [0.15, 0.2) is 42.7 Å². The van der Waals surface area contributed by atoms with Crippen LogP contribution in [0.5, 0.6) is 5.88 Å². The standard InChI is InChI=1S/C20H23N3O2/c1-15-7-8-17(22-11-15)19(24)23-12-16-5-4-9-20(16,13-23)14-25-18-6-2-3-10-21-18/h2-3,6-8,10-11,16H,4-5,9,12-14H2,1H3/t16-,20+/m0/s1. The van der Waals surface area contributed by atoms with Crippen LogP contribution in [0.3, 0.4) is 0 Å². The minimum atomic E-state index is 0.0339. The van der Waals surface area contributed by atoms with E-state index >= 15 is 0 Å². The van der Waals surface area contributed by atoms with Gasteiger partial charge in [0.1, 0.15) is 5.69 Å². The van der Waals surface area contributed by atoms with Crippen molar-refractivity contribution < 1.29 is 9.53 Å². The summed E-state index contributed by atoms with van der Waals surface area (Å²) < 4.78 is 5.98. The van der Waals surface area contributed by atoms with Crippen molar-refractivity contribution >= 4 is 5.91 Å². The normalized spacial score (nSPS) is 25.0. The molecule has 1 amide bonds. The summed E-state index contributed by atoms with van der Waals surface area (Å²) in [4.78, 5) is 23.3. The molecular weight excluding hydrogens is 314 g/mol. The zero-order valence-corrected chi connectivity index (χ0v) is 14.5. The van der Waals surface area contributed by atoms with Gasteiger partial charge < -0.3 is 9.64 Å². The smallest absolute Gasteiger partial charge is 0.272 e. The lowest BCUT2D eigenvalue weighted by molar-refractivity contribution is 0.0739. The SMILES string of the molecule is Cc1ccc(C(=O)N2C[C@@H]3CCC[C@]3(COc3ccccn3)C2)nc1. The van der Waals surface area contributed by atoms with E-state index in [-0.39, 0.29) is 11.3 Å². The van der Waals surface area contributed by atoms with Crippen LogP contribution in [0.2, 0.25) is 0 Å². The fourth-order valence-corrected chi connectivity index (χ4v) is 4.21. The van der Waals surface area contributed by atoms with Gasteiger partial charge in [-0.25, -0.2) is 4.98 Å². The number of aryl methyl sites for hydroxylation is 1. The summed E-state index contributed by atoms with van der Waals surface area (Å²) >= 11 is 0. The number of carbonyl (C=O) groups excluding carboxylic acids is 1. The fourth-order valence-electron chi connectivity index (χ4n) is 4.21. The number of likely N-dealkylation sites (tertiary alicyclic amines) is 1. The van der Waals surface area contributed by atoms with E-state index in [1.54, 1.807) is 12.4 Å². The number of pyridine rings is 2. The predicted octanol–water partition coefficient (Wildman–Crippen LogP) is 3.11. The molecule has 0 unspecified atom stereocenters. The summed E-state index contributed by atoms with van der Waals surface area (Å²) in [6, 6.07) is 9.46. The van der Waals surface area contributed by atoms with Crippen LogP contribution in [0.1, 0.15) is 35.3 Å². The molecule has 2 aromatic rings. The molecule has 0 aromatic carbocycles. The lowest BCUT2D eigenvalue weighted by Gasteiger charge is -2.28. The third kappa shape index (κ3) is 3.11. The molecule has 0 radical (unpaired) electrons. The van der Waals surface area contributed by atoms with Gasteiger partial charge in [-0.3, -0.25) is 9.78 Å². The number of amides is 1. The van der Waals surface area contributed by atoms with Crippen LogP contribution in [0.4, 0.5) is 0 Å². The minimum absolute atomic E-state index is 0.0339. The maximum absolute atomic E-state index is 12.8. The van der Waals surface area contributed by atoms with Crippen LogP contribution < -0.4 is 4.74 Å². The number of aromatic nitrogens is 2. The first-order valence-corrected chi connectivity index (χ1v) is 8.92. The Kier molecular flexibility index (Phi) is 4.15. The largest absolute Gasteiger partial charge is 0.477 e. The molecule has 1 saturated heterocycles. The minimum Gasteiger partial charge on any atom is -0.477 e. The Bertz CT molecular complexity index is 747. The van der Waals surface area contributed by atoms with Crippen LogP contribution in [-0.2, 0) is 0 Å². The third-order valence-electron chi connectivity index (χ3n) is 5.60. The number of hydrogen-bond donors (Lipinski definition) is 0. The van der Waals surface area contributed by atoms with Crippen LogP contribution >= 0.6 is 0 Å². The second kappa shape index (κ2) is 6.47. The Morgan fingerprint density at radius 3 is 3.00 bits per heavy atom. The average molecular weight is 337 g/mol.